The molecule has 2 atom stereocenters. The number of carbonyl (C=O) groups excluding carboxylic acids is 3. The fourth-order valence-corrected chi connectivity index (χ4v) is 6.80. The maximum absolute atomic E-state index is 14.1. The zero-order valence-electron chi connectivity index (χ0n) is 23.5. The lowest BCUT2D eigenvalue weighted by Crippen LogP contribution is -2.45. The number of ether oxygens (including phenoxy) is 1. The molecule has 3 heterocycles. The molecule has 3 aliphatic rings. The van der Waals surface area contributed by atoms with Gasteiger partial charge in [-0.05, 0) is 77.0 Å². The summed E-state index contributed by atoms with van der Waals surface area (Å²) in [6.45, 7) is 7.47. The van der Waals surface area contributed by atoms with E-state index in [1.54, 1.807) is 4.90 Å². The number of nitrogens with zero attached hydrogens (tertiary/aromatic N) is 4. The number of benzene rings is 1. The van der Waals surface area contributed by atoms with E-state index < -0.39 is 5.60 Å². The largest absolute Gasteiger partial charge is 0.460 e. The van der Waals surface area contributed by atoms with Gasteiger partial charge in [0.1, 0.15) is 5.60 Å². The highest BCUT2D eigenvalue weighted by Crippen LogP contribution is 2.36. The number of fused-ring (bicyclic) bond motifs is 1. The Balaban J connectivity index is 1.39. The van der Waals surface area contributed by atoms with Gasteiger partial charge in [0, 0.05) is 29.9 Å². The SMILES string of the molecule is CC(C)(C)OC(=O)C[C@H](C(=O)N1CCC[C@H]1Cn1nc(N2CCCC2=O)c2cc(Cl)ccc21)C1CCCCC1. The van der Waals surface area contributed by atoms with Crippen LogP contribution in [0.2, 0.25) is 5.02 Å². The molecule has 2 amide bonds. The molecule has 39 heavy (non-hydrogen) atoms. The van der Waals surface area contributed by atoms with Gasteiger partial charge in [0.05, 0.1) is 30.4 Å². The fourth-order valence-electron chi connectivity index (χ4n) is 6.63. The van der Waals surface area contributed by atoms with Crippen molar-refractivity contribution in [2.24, 2.45) is 11.8 Å². The number of halogens is 1. The molecule has 9 heteroatoms. The number of carbonyl (C=O) groups is 3. The first-order valence-corrected chi connectivity index (χ1v) is 15.0. The third-order valence-electron chi connectivity index (χ3n) is 8.41. The first-order valence-electron chi connectivity index (χ1n) is 14.6. The first-order chi connectivity index (χ1) is 18.6. The molecule has 212 valence electrons. The van der Waals surface area contributed by atoms with Crippen molar-refractivity contribution >= 4 is 46.1 Å². The summed E-state index contributed by atoms with van der Waals surface area (Å²) in [6.07, 6.45) is 8.63. The average molecular weight is 557 g/mol. The maximum atomic E-state index is 14.1. The highest BCUT2D eigenvalue weighted by Gasteiger charge is 2.39. The van der Waals surface area contributed by atoms with Crippen molar-refractivity contribution in [2.75, 3.05) is 18.0 Å². The molecular weight excluding hydrogens is 516 g/mol. The van der Waals surface area contributed by atoms with Crippen molar-refractivity contribution in [3.63, 3.8) is 0 Å². The third kappa shape index (κ3) is 6.26. The van der Waals surface area contributed by atoms with Crippen LogP contribution in [0.4, 0.5) is 5.82 Å². The van der Waals surface area contributed by atoms with Gasteiger partial charge < -0.3 is 9.64 Å². The van der Waals surface area contributed by atoms with Crippen LogP contribution in [-0.2, 0) is 25.7 Å². The molecule has 2 aliphatic heterocycles. The summed E-state index contributed by atoms with van der Waals surface area (Å²) >= 11 is 6.34. The summed E-state index contributed by atoms with van der Waals surface area (Å²) in [4.78, 5) is 43.3. The van der Waals surface area contributed by atoms with E-state index in [1.165, 1.54) is 6.42 Å². The van der Waals surface area contributed by atoms with E-state index in [2.05, 4.69) is 0 Å². The molecule has 2 aromatic rings. The topological polar surface area (TPSA) is 84.7 Å². The minimum Gasteiger partial charge on any atom is -0.460 e. The minimum atomic E-state index is -0.577. The van der Waals surface area contributed by atoms with E-state index in [-0.39, 0.29) is 42.1 Å². The van der Waals surface area contributed by atoms with Crippen molar-refractivity contribution in [1.82, 2.24) is 14.7 Å². The van der Waals surface area contributed by atoms with E-state index >= 15 is 0 Å². The van der Waals surface area contributed by atoms with Crippen LogP contribution in [0.3, 0.4) is 0 Å². The van der Waals surface area contributed by atoms with Gasteiger partial charge in [-0.15, -0.1) is 0 Å². The Hall–Kier alpha value is -2.61. The second kappa shape index (κ2) is 11.5. The summed E-state index contributed by atoms with van der Waals surface area (Å²) in [5.41, 5.74) is 0.331. The van der Waals surface area contributed by atoms with Gasteiger partial charge in [0.15, 0.2) is 5.82 Å². The van der Waals surface area contributed by atoms with Crippen LogP contribution in [-0.4, -0.2) is 57.2 Å². The second-order valence-electron chi connectivity index (χ2n) is 12.4. The van der Waals surface area contributed by atoms with Crippen LogP contribution in [0.5, 0.6) is 0 Å². The van der Waals surface area contributed by atoms with Crippen molar-refractivity contribution in [3.8, 4) is 0 Å². The number of aromatic nitrogens is 2. The van der Waals surface area contributed by atoms with Gasteiger partial charge in [0.2, 0.25) is 11.8 Å². The molecule has 0 radical (unpaired) electrons. The van der Waals surface area contributed by atoms with Crippen molar-refractivity contribution < 1.29 is 19.1 Å². The number of likely N-dealkylation sites (tertiary alicyclic amines) is 1. The third-order valence-corrected chi connectivity index (χ3v) is 8.64. The summed E-state index contributed by atoms with van der Waals surface area (Å²) in [5, 5.41) is 6.36. The molecule has 1 saturated carbocycles. The van der Waals surface area contributed by atoms with Crippen LogP contribution in [0.15, 0.2) is 18.2 Å². The van der Waals surface area contributed by atoms with Gasteiger partial charge in [-0.25, -0.2) is 0 Å². The molecule has 5 rings (SSSR count). The van der Waals surface area contributed by atoms with Gasteiger partial charge in [-0.1, -0.05) is 30.9 Å². The predicted molar refractivity (Wildman–Crippen MR) is 152 cm³/mol. The summed E-state index contributed by atoms with van der Waals surface area (Å²) < 4.78 is 7.58. The molecule has 1 aliphatic carbocycles. The molecule has 0 unspecified atom stereocenters. The van der Waals surface area contributed by atoms with E-state index in [1.807, 2.05) is 48.6 Å². The predicted octanol–water partition coefficient (Wildman–Crippen LogP) is 5.74. The standard InChI is InChI=1S/C30H41ClN4O4/c1-30(2,3)39-27(37)18-23(20-9-5-4-6-10-20)29(38)33-15-7-11-22(33)19-35-25-14-13-21(31)17-24(25)28(32-35)34-16-8-12-26(34)36/h13-14,17,20,22-23H,4-12,15-16,18-19H2,1-3H3/t22-,23-/m0/s1. The van der Waals surface area contributed by atoms with Crippen LogP contribution in [0, 0.1) is 11.8 Å². The van der Waals surface area contributed by atoms with Crippen LogP contribution >= 0.6 is 11.6 Å². The second-order valence-corrected chi connectivity index (χ2v) is 12.9. The minimum absolute atomic E-state index is 0.0249. The number of amides is 2. The Bertz CT molecular complexity index is 1230. The van der Waals surface area contributed by atoms with Crippen LogP contribution in [0.25, 0.3) is 10.9 Å². The van der Waals surface area contributed by atoms with Gasteiger partial charge in [-0.3, -0.25) is 24.0 Å². The number of hydrogen-bond acceptors (Lipinski definition) is 5. The van der Waals surface area contributed by atoms with Gasteiger partial charge in [-0.2, -0.15) is 5.10 Å². The Morgan fingerprint density at radius 2 is 1.85 bits per heavy atom. The van der Waals surface area contributed by atoms with Crippen LogP contribution in [0.1, 0.15) is 85.0 Å². The van der Waals surface area contributed by atoms with Gasteiger partial charge in [0.25, 0.3) is 0 Å². The quantitative estimate of drug-likeness (QED) is 0.406. The normalized spacial score (nSPS) is 21.6. The molecule has 0 bridgehead atoms. The van der Waals surface area contributed by atoms with Crippen molar-refractivity contribution in [3.05, 3.63) is 23.2 Å². The molecule has 1 aromatic heterocycles. The Labute approximate surface area is 236 Å². The summed E-state index contributed by atoms with van der Waals surface area (Å²) in [5.74, 6) is 0.362. The van der Waals surface area contributed by atoms with E-state index in [0.717, 1.165) is 55.8 Å². The number of esters is 1. The number of rotatable bonds is 7. The summed E-state index contributed by atoms with van der Waals surface area (Å²) in [6, 6.07) is 5.64. The number of hydrogen-bond donors (Lipinski definition) is 0. The highest BCUT2D eigenvalue weighted by atomic mass is 35.5. The molecule has 3 fully saturated rings. The van der Waals surface area contributed by atoms with Gasteiger partial charge >= 0.3 is 5.97 Å². The molecular formula is C30H41ClN4O4. The van der Waals surface area contributed by atoms with Crippen molar-refractivity contribution in [1.29, 1.82) is 0 Å². The zero-order valence-corrected chi connectivity index (χ0v) is 24.2. The molecule has 8 nitrogen and oxygen atoms in total. The maximum Gasteiger partial charge on any atom is 0.307 e. The Morgan fingerprint density at radius 1 is 1.08 bits per heavy atom. The van der Waals surface area contributed by atoms with Crippen molar-refractivity contribution in [2.45, 2.75) is 103 Å². The molecule has 0 N–H and O–H groups in total. The molecule has 1 aromatic carbocycles. The fraction of sp³-hybridized carbons (Fsp3) is 0.667. The lowest BCUT2D eigenvalue weighted by atomic mass is 9.77. The zero-order chi connectivity index (χ0) is 27.7. The number of anilines is 1. The first kappa shape index (κ1) is 27.9. The average Bonchev–Trinajstić information content (AvgIpc) is 3.60. The summed E-state index contributed by atoms with van der Waals surface area (Å²) in [7, 11) is 0. The monoisotopic (exact) mass is 556 g/mol. The smallest absolute Gasteiger partial charge is 0.307 e. The molecule has 0 spiro atoms. The van der Waals surface area contributed by atoms with E-state index in [4.69, 9.17) is 21.4 Å². The lowest BCUT2D eigenvalue weighted by molar-refractivity contribution is -0.160. The van der Waals surface area contributed by atoms with E-state index in [0.29, 0.717) is 36.9 Å². The Kier molecular flexibility index (Phi) is 8.22. The van der Waals surface area contributed by atoms with Crippen LogP contribution < -0.4 is 4.90 Å². The molecule has 2 saturated heterocycles. The lowest BCUT2D eigenvalue weighted by Gasteiger charge is -2.34. The highest BCUT2D eigenvalue weighted by molar-refractivity contribution is 6.31. The Morgan fingerprint density at radius 3 is 2.54 bits per heavy atom. The van der Waals surface area contributed by atoms with E-state index in [9.17, 15) is 14.4 Å².